The number of amides is 1. The number of aliphatic carboxylic acids is 1. The van der Waals surface area contributed by atoms with Gasteiger partial charge in [-0.25, -0.2) is 0 Å². The lowest BCUT2D eigenvalue weighted by atomic mass is 9.93. The van der Waals surface area contributed by atoms with Crippen molar-refractivity contribution in [3.63, 3.8) is 0 Å². The van der Waals surface area contributed by atoms with Gasteiger partial charge in [-0.05, 0) is 18.8 Å². The van der Waals surface area contributed by atoms with Gasteiger partial charge in [-0.15, -0.1) is 0 Å². The van der Waals surface area contributed by atoms with Gasteiger partial charge in [0.1, 0.15) is 5.69 Å². The first-order valence-electron chi connectivity index (χ1n) is 6.31. The Labute approximate surface area is 114 Å². The fourth-order valence-corrected chi connectivity index (χ4v) is 2.37. The summed E-state index contributed by atoms with van der Waals surface area (Å²) in [5.74, 6) is -1.02. The SMILES string of the molecule is O=C(O)CC1CCN(C(=O)c2cc([N+](=O)[O-])c[nH]2)CC1. The van der Waals surface area contributed by atoms with Gasteiger partial charge in [-0.3, -0.25) is 19.7 Å². The summed E-state index contributed by atoms with van der Waals surface area (Å²) >= 11 is 0. The third-order valence-electron chi connectivity index (χ3n) is 3.47. The molecule has 2 rings (SSSR count). The van der Waals surface area contributed by atoms with E-state index in [4.69, 9.17) is 5.11 Å². The van der Waals surface area contributed by atoms with Gasteiger partial charge in [0.15, 0.2) is 0 Å². The molecule has 0 spiro atoms. The van der Waals surface area contributed by atoms with E-state index in [1.54, 1.807) is 4.90 Å². The standard InChI is InChI=1S/C12H15N3O5/c16-11(17)5-8-1-3-14(4-2-8)12(18)10-6-9(7-13-10)15(19)20/h6-8,13H,1-5H2,(H,16,17). The van der Waals surface area contributed by atoms with E-state index in [1.165, 1.54) is 12.3 Å². The van der Waals surface area contributed by atoms with Crippen LogP contribution < -0.4 is 0 Å². The Morgan fingerprint density at radius 3 is 2.60 bits per heavy atom. The molecule has 1 amide bonds. The Morgan fingerprint density at radius 2 is 2.10 bits per heavy atom. The molecule has 1 aliphatic heterocycles. The van der Waals surface area contributed by atoms with Gasteiger partial charge >= 0.3 is 5.97 Å². The summed E-state index contributed by atoms with van der Waals surface area (Å²) in [4.78, 5) is 36.9. The van der Waals surface area contributed by atoms with Crippen LogP contribution in [0.15, 0.2) is 12.3 Å². The molecule has 1 aromatic heterocycles. The molecule has 2 heterocycles. The second-order valence-electron chi connectivity index (χ2n) is 4.86. The van der Waals surface area contributed by atoms with Gasteiger partial charge < -0.3 is 15.0 Å². The van der Waals surface area contributed by atoms with Gasteiger partial charge in [0.25, 0.3) is 11.6 Å². The van der Waals surface area contributed by atoms with Crippen LogP contribution in [0, 0.1) is 16.0 Å². The number of carbonyl (C=O) groups is 2. The fraction of sp³-hybridized carbons (Fsp3) is 0.500. The molecule has 0 unspecified atom stereocenters. The molecule has 0 saturated carbocycles. The monoisotopic (exact) mass is 281 g/mol. The van der Waals surface area contributed by atoms with Crippen molar-refractivity contribution in [1.82, 2.24) is 9.88 Å². The molecule has 0 radical (unpaired) electrons. The number of piperidine rings is 1. The van der Waals surface area contributed by atoms with Crippen molar-refractivity contribution in [3.8, 4) is 0 Å². The number of nitrogens with zero attached hydrogens (tertiary/aromatic N) is 2. The van der Waals surface area contributed by atoms with Crippen molar-refractivity contribution < 1.29 is 19.6 Å². The number of H-pyrrole nitrogens is 1. The molecule has 0 atom stereocenters. The third kappa shape index (κ3) is 3.14. The number of aromatic nitrogens is 1. The van der Waals surface area contributed by atoms with Crippen LogP contribution in [0.3, 0.4) is 0 Å². The summed E-state index contributed by atoms with van der Waals surface area (Å²) in [6, 6.07) is 1.21. The summed E-state index contributed by atoms with van der Waals surface area (Å²) in [6.45, 7) is 0.952. The Balaban J connectivity index is 1.94. The Bertz CT molecular complexity index is 531. The maximum atomic E-state index is 12.1. The molecule has 0 aliphatic carbocycles. The highest BCUT2D eigenvalue weighted by molar-refractivity contribution is 5.93. The Hall–Kier alpha value is -2.38. The fourth-order valence-electron chi connectivity index (χ4n) is 2.37. The number of nitrogens with one attached hydrogen (secondary N) is 1. The smallest absolute Gasteiger partial charge is 0.303 e. The first-order valence-corrected chi connectivity index (χ1v) is 6.31. The van der Waals surface area contributed by atoms with Crippen molar-refractivity contribution >= 4 is 17.6 Å². The Kier molecular flexibility index (Phi) is 4.02. The number of aromatic amines is 1. The summed E-state index contributed by atoms with van der Waals surface area (Å²) < 4.78 is 0. The summed E-state index contributed by atoms with van der Waals surface area (Å²) in [7, 11) is 0. The van der Waals surface area contributed by atoms with Crippen LogP contribution in [0.4, 0.5) is 5.69 Å². The van der Waals surface area contributed by atoms with Gasteiger partial charge in [0.2, 0.25) is 0 Å². The van der Waals surface area contributed by atoms with Gasteiger partial charge in [0, 0.05) is 25.6 Å². The first kappa shape index (κ1) is 14.0. The molecule has 0 aromatic carbocycles. The number of hydrogen-bond acceptors (Lipinski definition) is 4. The second kappa shape index (κ2) is 5.72. The predicted molar refractivity (Wildman–Crippen MR) is 68.3 cm³/mol. The summed E-state index contributed by atoms with van der Waals surface area (Å²) in [6.07, 6.45) is 2.59. The highest BCUT2D eigenvalue weighted by Gasteiger charge is 2.26. The van der Waals surface area contributed by atoms with E-state index in [0.717, 1.165) is 0 Å². The zero-order chi connectivity index (χ0) is 14.7. The maximum Gasteiger partial charge on any atom is 0.303 e. The molecule has 108 valence electrons. The number of carboxylic acid groups (broad SMARTS) is 1. The quantitative estimate of drug-likeness (QED) is 0.636. The average molecular weight is 281 g/mol. The van der Waals surface area contributed by atoms with Gasteiger partial charge in [-0.1, -0.05) is 0 Å². The summed E-state index contributed by atoms with van der Waals surface area (Å²) in [5.41, 5.74) is 0.0440. The molecule has 8 heteroatoms. The molecular weight excluding hydrogens is 266 g/mol. The minimum absolute atomic E-state index is 0.0922. The van der Waals surface area contributed by atoms with Crippen LogP contribution in [-0.4, -0.2) is 44.9 Å². The summed E-state index contributed by atoms with van der Waals surface area (Å²) in [5, 5.41) is 19.3. The molecule has 20 heavy (non-hydrogen) atoms. The number of nitro groups is 1. The van der Waals surface area contributed by atoms with E-state index in [1.807, 2.05) is 0 Å². The van der Waals surface area contributed by atoms with Crippen LogP contribution in [0.1, 0.15) is 29.8 Å². The molecule has 8 nitrogen and oxygen atoms in total. The topological polar surface area (TPSA) is 117 Å². The van der Waals surface area contributed by atoms with Crippen LogP contribution in [0.5, 0.6) is 0 Å². The second-order valence-corrected chi connectivity index (χ2v) is 4.86. The minimum atomic E-state index is -0.824. The van der Waals surface area contributed by atoms with E-state index in [2.05, 4.69) is 4.98 Å². The molecule has 1 aliphatic rings. The number of hydrogen-bond donors (Lipinski definition) is 2. The lowest BCUT2D eigenvalue weighted by molar-refractivity contribution is -0.384. The molecule has 1 fully saturated rings. The lowest BCUT2D eigenvalue weighted by Crippen LogP contribution is -2.39. The molecular formula is C12H15N3O5. The highest BCUT2D eigenvalue weighted by atomic mass is 16.6. The number of likely N-dealkylation sites (tertiary alicyclic amines) is 1. The van der Waals surface area contributed by atoms with Gasteiger partial charge in [-0.2, -0.15) is 0 Å². The van der Waals surface area contributed by atoms with Crippen molar-refractivity contribution in [3.05, 3.63) is 28.1 Å². The van der Waals surface area contributed by atoms with E-state index in [0.29, 0.717) is 25.9 Å². The van der Waals surface area contributed by atoms with Gasteiger partial charge in [0.05, 0.1) is 11.1 Å². The first-order chi connectivity index (χ1) is 9.47. The van der Waals surface area contributed by atoms with Crippen LogP contribution in [-0.2, 0) is 4.79 Å². The zero-order valence-electron chi connectivity index (χ0n) is 10.7. The van der Waals surface area contributed by atoms with Crippen LogP contribution >= 0.6 is 0 Å². The van der Waals surface area contributed by atoms with E-state index in [9.17, 15) is 19.7 Å². The highest BCUT2D eigenvalue weighted by Crippen LogP contribution is 2.22. The lowest BCUT2D eigenvalue weighted by Gasteiger charge is -2.31. The predicted octanol–water partition coefficient (Wildman–Crippen LogP) is 1.25. The average Bonchev–Trinajstić information content (AvgIpc) is 2.88. The molecule has 1 aromatic rings. The molecule has 1 saturated heterocycles. The minimum Gasteiger partial charge on any atom is -0.481 e. The van der Waals surface area contributed by atoms with Crippen molar-refractivity contribution in [1.29, 1.82) is 0 Å². The van der Waals surface area contributed by atoms with Crippen LogP contribution in [0.2, 0.25) is 0 Å². The zero-order valence-corrected chi connectivity index (χ0v) is 10.7. The van der Waals surface area contributed by atoms with Crippen molar-refractivity contribution in [2.75, 3.05) is 13.1 Å². The third-order valence-corrected chi connectivity index (χ3v) is 3.47. The van der Waals surface area contributed by atoms with E-state index < -0.39 is 10.9 Å². The maximum absolute atomic E-state index is 12.1. The van der Waals surface area contributed by atoms with E-state index >= 15 is 0 Å². The molecule has 2 N–H and O–H groups in total. The largest absolute Gasteiger partial charge is 0.481 e. The molecule has 0 bridgehead atoms. The Morgan fingerprint density at radius 1 is 1.45 bits per heavy atom. The van der Waals surface area contributed by atoms with Crippen molar-refractivity contribution in [2.45, 2.75) is 19.3 Å². The van der Waals surface area contributed by atoms with E-state index in [-0.39, 0.29) is 29.6 Å². The van der Waals surface area contributed by atoms with Crippen molar-refractivity contribution in [2.24, 2.45) is 5.92 Å². The van der Waals surface area contributed by atoms with Crippen LogP contribution in [0.25, 0.3) is 0 Å². The number of carboxylic acids is 1. The number of rotatable bonds is 4. The number of carbonyl (C=O) groups excluding carboxylic acids is 1. The normalized spacial score (nSPS) is 16.1.